The van der Waals surface area contributed by atoms with Crippen molar-refractivity contribution in [2.24, 2.45) is 5.73 Å². The van der Waals surface area contributed by atoms with Gasteiger partial charge < -0.3 is 5.73 Å². The zero-order chi connectivity index (χ0) is 17.4. The van der Waals surface area contributed by atoms with E-state index in [0.29, 0.717) is 22.5 Å². The van der Waals surface area contributed by atoms with Crippen molar-refractivity contribution in [2.75, 3.05) is 0 Å². The summed E-state index contributed by atoms with van der Waals surface area (Å²) >= 11 is 1.44. The number of nitrogens with zero attached hydrogens (tertiary/aromatic N) is 2. The van der Waals surface area contributed by atoms with Crippen LogP contribution in [0.5, 0.6) is 0 Å². The number of hydrogen-bond donors (Lipinski definition) is 1. The molecule has 0 fully saturated rings. The van der Waals surface area contributed by atoms with Crippen molar-refractivity contribution in [3.63, 3.8) is 0 Å². The van der Waals surface area contributed by atoms with Gasteiger partial charge in [-0.1, -0.05) is 36.8 Å². The Balaban J connectivity index is 2.30. The Morgan fingerprint density at radius 2 is 1.96 bits per heavy atom. The molecule has 1 amide bonds. The highest BCUT2D eigenvalue weighted by Crippen LogP contribution is 2.31. The van der Waals surface area contributed by atoms with Crippen LogP contribution in [0.15, 0.2) is 34.4 Å². The molecule has 0 aliphatic rings. The Morgan fingerprint density at radius 1 is 1.29 bits per heavy atom. The van der Waals surface area contributed by atoms with Gasteiger partial charge in [-0.15, -0.1) is 11.3 Å². The third-order valence-electron chi connectivity index (χ3n) is 4.21. The molecule has 0 aliphatic carbocycles. The van der Waals surface area contributed by atoms with E-state index in [2.05, 4.69) is 4.98 Å². The number of primary amides is 1. The summed E-state index contributed by atoms with van der Waals surface area (Å²) in [5, 5.41) is 2.49. The van der Waals surface area contributed by atoms with Crippen LogP contribution < -0.4 is 11.3 Å². The highest BCUT2D eigenvalue weighted by Gasteiger charge is 2.22. The van der Waals surface area contributed by atoms with Gasteiger partial charge in [-0.3, -0.25) is 14.2 Å². The van der Waals surface area contributed by atoms with Crippen LogP contribution in [0.1, 0.15) is 30.8 Å². The molecule has 2 heterocycles. The molecule has 124 valence electrons. The maximum Gasteiger partial charge on any atom is 0.263 e. The van der Waals surface area contributed by atoms with Crippen LogP contribution in [-0.2, 0) is 4.79 Å². The normalized spacial score (nSPS) is 12.5. The quantitative estimate of drug-likeness (QED) is 0.791. The number of aromatic nitrogens is 2. The topological polar surface area (TPSA) is 78.0 Å². The van der Waals surface area contributed by atoms with Gasteiger partial charge in [0.2, 0.25) is 5.91 Å². The number of benzene rings is 1. The molecule has 1 atom stereocenters. The number of nitrogens with two attached hydrogens (primary N) is 1. The third kappa shape index (κ3) is 2.63. The molecular formula is C18H19N3O2S. The lowest BCUT2D eigenvalue weighted by Gasteiger charge is -2.17. The number of rotatable bonds is 4. The first-order valence-electron chi connectivity index (χ1n) is 7.80. The first kappa shape index (κ1) is 16.4. The van der Waals surface area contributed by atoms with Crippen molar-refractivity contribution in [1.29, 1.82) is 0 Å². The standard InChI is InChI=1S/C18H19N3O2S/c1-4-14(16(19)22)21-11(3)20-17-15(18(21)23)13(9-24-17)12-7-5-10(2)6-8-12/h5-9,14H,4H2,1-3H3,(H2,19,22). The Morgan fingerprint density at radius 3 is 2.54 bits per heavy atom. The lowest BCUT2D eigenvalue weighted by atomic mass is 10.0. The minimum absolute atomic E-state index is 0.208. The molecular weight excluding hydrogens is 322 g/mol. The minimum atomic E-state index is -0.680. The van der Waals surface area contributed by atoms with Crippen molar-refractivity contribution in [3.05, 3.63) is 51.4 Å². The average molecular weight is 341 g/mol. The zero-order valence-electron chi connectivity index (χ0n) is 13.9. The Bertz CT molecular complexity index is 970. The van der Waals surface area contributed by atoms with Crippen LogP contribution in [0, 0.1) is 13.8 Å². The Kier molecular flexibility index (Phi) is 4.24. The monoisotopic (exact) mass is 341 g/mol. The molecule has 5 nitrogen and oxygen atoms in total. The lowest BCUT2D eigenvalue weighted by Crippen LogP contribution is -2.35. The fourth-order valence-electron chi connectivity index (χ4n) is 2.93. The number of hydrogen-bond acceptors (Lipinski definition) is 4. The molecule has 0 spiro atoms. The SMILES string of the molecule is CCC(C(N)=O)n1c(C)nc2scc(-c3ccc(C)cc3)c2c1=O. The van der Waals surface area contributed by atoms with Crippen LogP contribution >= 0.6 is 11.3 Å². The fraction of sp³-hybridized carbons (Fsp3) is 0.278. The molecule has 0 bridgehead atoms. The molecule has 2 N–H and O–H groups in total. The van der Waals surface area contributed by atoms with Crippen LogP contribution in [0.25, 0.3) is 21.3 Å². The maximum absolute atomic E-state index is 13.1. The predicted octanol–water partition coefficient (Wildman–Crippen LogP) is 3.18. The van der Waals surface area contributed by atoms with Gasteiger partial charge in [-0.25, -0.2) is 4.98 Å². The molecule has 3 rings (SSSR count). The van der Waals surface area contributed by atoms with Gasteiger partial charge in [0.15, 0.2) is 0 Å². The summed E-state index contributed by atoms with van der Waals surface area (Å²) in [5.41, 5.74) is 8.24. The highest BCUT2D eigenvalue weighted by atomic mass is 32.1. The van der Waals surface area contributed by atoms with Gasteiger partial charge in [0.25, 0.3) is 5.56 Å². The Labute approximate surface area is 143 Å². The molecule has 0 saturated carbocycles. The zero-order valence-corrected chi connectivity index (χ0v) is 14.7. The second kappa shape index (κ2) is 6.20. The van der Waals surface area contributed by atoms with Gasteiger partial charge >= 0.3 is 0 Å². The van der Waals surface area contributed by atoms with E-state index in [9.17, 15) is 9.59 Å². The number of thiophene rings is 1. The number of fused-ring (bicyclic) bond motifs is 1. The van der Waals surface area contributed by atoms with Crippen molar-refractivity contribution >= 4 is 27.5 Å². The van der Waals surface area contributed by atoms with E-state index < -0.39 is 11.9 Å². The first-order chi connectivity index (χ1) is 11.4. The van der Waals surface area contributed by atoms with Gasteiger partial charge in [-0.2, -0.15) is 0 Å². The summed E-state index contributed by atoms with van der Waals surface area (Å²) < 4.78 is 1.43. The summed E-state index contributed by atoms with van der Waals surface area (Å²) in [6, 6.07) is 7.33. The number of aryl methyl sites for hydroxylation is 2. The lowest BCUT2D eigenvalue weighted by molar-refractivity contribution is -0.121. The van der Waals surface area contributed by atoms with E-state index in [4.69, 9.17) is 5.73 Å². The van der Waals surface area contributed by atoms with Crippen molar-refractivity contribution in [2.45, 2.75) is 33.2 Å². The summed E-state index contributed by atoms with van der Waals surface area (Å²) in [4.78, 5) is 30.0. The molecule has 0 radical (unpaired) electrons. The second-order valence-electron chi connectivity index (χ2n) is 5.86. The summed E-state index contributed by atoms with van der Waals surface area (Å²) in [7, 11) is 0. The van der Waals surface area contributed by atoms with E-state index in [1.165, 1.54) is 15.9 Å². The van der Waals surface area contributed by atoms with E-state index in [-0.39, 0.29) is 5.56 Å². The van der Waals surface area contributed by atoms with Crippen LogP contribution in [0.3, 0.4) is 0 Å². The molecule has 1 unspecified atom stereocenters. The van der Waals surface area contributed by atoms with Gasteiger partial charge in [-0.05, 0) is 25.8 Å². The number of carbonyl (C=O) groups is 1. The predicted molar refractivity (Wildman–Crippen MR) is 97.3 cm³/mol. The van der Waals surface area contributed by atoms with E-state index >= 15 is 0 Å². The smallest absolute Gasteiger partial charge is 0.263 e. The van der Waals surface area contributed by atoms with Crippen LogP contribution in [0.4, 0.5) is 0 Å². The van der Waals surface area contributed by atoms with Crippen molar-refractivity contribution in [3.8, 4) is 11.1 Å². The largest absolute Gasteiger partial charge is 0.368 e. The Hall–Kier alpha value is -2.47. The number of amides is 1. The van der Waals surface area contributed by atoms with Crippen molar-refractivity contribution < 1.29 is 4.79 Å². The molecule has 0 aliphatic heterocycles. The van der Waals surface area contributed by atoms with Crippen molar-refractivity contribution in [1.82, 2.24) is 9.55 Å². The summed E-state index contributed by atoms with van der Waals surface area (Å²) in [6.07, 6.45) is 0.452. The summed E-state index contributed by atoms with van der Waals surface area (Å²) in [5.74, 6) is -0.00794. The first-order valence-corrected chi connectivity index (χ1v) is 8.68. The second-order valence-corrected chi connectivity index (χ2v) is 6.71. The fourth-order valence-corrected chi connectivity index (χ4v) is 3.91. The molecule has 0 saturated heterocycles. The third-order valence-corrected chi connectivity index (χ3v) is 5.08. The molecule has 3 aromatic rings. The van der Waals surface area contributed by atoms with Crippen LogP contribution in [0.2, 0.25) is 0 Å². The minimum Gasteiger partial charge on any atom is -0.368 e. The molecule has 6 heteroatoms. The van der Waals surface area contributed by atoms with Crippen LogP contribution in [-0.4, -0.2) is 15.5 Å². The highest BCUT2D eigenvalue weighted by molar-refractivity contribution is 7.17. The van der Waals surface area contributed by atoms with E-state index in [1.807, 2.05) is 43.5 Å². The van der Waals surface area contributed by atoms with Gasteiger partial charge in [0.1, 0.15) is 16.7 Å². The molecule has 24 heavy (non-hydrogen) atoms. The van der Waals surface area contributed by atoms with E-state index in [0.717, 1.165) is 16.7 Å². The molecule has 2 aromatic heterocycles. The van der Waals surface area contributed by atoms with Gasteiger partial charge in [0.05, 0.1) is 5.39 Å². The number of carbonyl (C=O) groups excluding carboxylic acids is 1. The van der Waals surface area contributed by atoms with Gasteiger partial charge in [0, 0.05) is 10.9 Å². The molecule has 1 aromatic carbocycles. The van der Waals surface area contributed by atoms with E-state index in [1.54, 1.807) is 6.92 Å². The maximum atomic E-state index is 13.1. The average Bonchev–Trinajstić information content (AvgIpc) is 2.95. The summed E-state index contributed by atoms with van der Waals surface area (Å²) in [6.45, 7) is 5.59.